The van der Waals surface area contributed by atoms with Crippen LogP contribution in [0.5, 0.6) is 11.5 Å². The van der Waals surface area contributed by atoms with Crippen molar-refractivity contribution in [2.75, 3.05) is 25.1 Å². The second-order valence-corrected chi connectivity index (χ2v) is 8.76. The third-order valence-corrected chi connectivity index (χ3v) is 6.85. The predicted octanol–water partition coefficient (Wildman–Crippen LogP) is 3.85. The van der Waals surface area contributed by atoms with Gasteiger partial charge in [0, 0.05) is 18.7 Å². The lowest BCUT2D eigenvalue weighted by atomic mass is 10.1. The zero-order valence-electron chi connectivity index (χ0n) is 18.2. The van der Waals surface area contributed by atoms with Crippen LogP contribution in [0.4, 0.5) is 5.69 Å². The van der Waals surface area contributed by atoms with Gasteiger partial charge in [-0.05, 0) is 61.0 Å². The Hall–Kier alpha value is -3.52. The summed E-state index contributed by atoms with van der Waals surface area (Å²) >= 11 is 0. The van der Waals surface area contributed by atoms with E-state index in [1.54, 1.807) is 57.5 Å². The van der Waals surface area contributed by atoms with Gasteiger partial charge in [-0.25, -0.2) is 8.42 Å². The van der Waals surface area contributed by atoms with Gasteiger partial charge in [0.1, 0.15) is 0 Å². The van der Waals surface area contributed by atoms with Crippen molar-refractivity contribution in [3.8, 4) is 11.5 Å². The molecule has 8 heteroatoms. The minimum atomic E-state index is -3.74. The van der Waals surface area contributed by atoms with Crippen molar-refractivity contribution in [2.24, 2.45) is 0 Å². The molecule has 0 aliphatic carbocycles. The summed E-state index contributed by atoms with van der Waals surface area (Å²) in [5, 5.41) is 2.83. The molecule has 0 aromatic heterocycles. The van der Waals surface area contributed by atoms with Crippen molar-refractivity contribution in [3.05, 3.63) is 83.9 Å². The molecule has 0 saturated heterocycles. The molecular formula is C24H26N2O5S. The average Bonchev–Trinajstić information content (AvgIpc) is 2.83. The Labute approximate surface area is 188 Å². The topological polar surface area (TPSA) is 84.9 Å². The van der Waals surface area contributed by atoms with Crippen LogP contribution in [0, 0.1) is 0 Å². The van der Waals surface area contributed by atoms with E-state index in [-0.39, 0.29) is 17.3 Å². The maximum absolute atomic E-state index is 13.1. The first-order valence-corrected chi connectivity index (χ1v) is 11.5. The summed E-state index contributed by atoms with van der Waals surface area (Å²) in [5.41, 5.74) is 1.80. The molecule has 0 bridgehead atoms. The van der Waals surface area contributed by atoms with Crippen LogP contribution in [0.15, 0.2) is 77.7 Å². The zero-order valence-corrected chi connectivity index (χ0v) is 19.1. The molecule has 1 N–H and O–H groups in total. The molecule has 0 radical (unpaired) electrons. The van der Waals surface area contributed by atoms with Gasteiger partial charge in [0.2, 0.25) is 0 Å². The third-order valence-electron chi connectivity index (χ3n) is 4.94. The summed E-state index contributed by atoms with van der Waals surface area (Å²) in [4.78, 5) is 12.7. The van der Waals surface area contributed by atoms with E-state index in [1.165, 1.54) is 28.6 Å². The van der Waals surface area contributed by atoms with Crippen LogP contribution in [-0.4, -0.2) is 35.1 Å². The summed E-state index contributed by atoms with van der Waals surface area (Å²) in [6, 6.07) is 20.2. The van der Waals surface area contributed by atoms with Crippen molar-refractivity contribution < 1.29 is 22.7 Å². The predicted molar refractivity (Wildman–Crippen MR) is 124 cm³/mol. The Morgan fingerprint density at radius 2 is 1.56 bits per heavy atom. The Balaban J connectivity index is 1.71. The van der Waals surface area contributed by atoms with Crippen LogP contribution in [0.25, 0.3) is 0 Å². The van der Waals surface area contributed by atoms with Gasteiger partial charge in [-0.3, -0.25) is 9.10 Å². The second kappa shape index (κ2) is 10.2. The number of hydrogen-bond donors (Lipinski definition) is 1. The van der Waals surface area contributed by atoms with E-state index in [4.69, 9.17) is 9.47 Å². The number of methoxy groups -OCH3 is 2. The van der Waals surface area contributed by atoms with Crippen molar-refractivity contribution >= 4 is 21.6 Å². The third kappa shape index (κ3) is 5.03. The first-order valence-electron chi connectivity index (χ1n) is 10.1. The maximum Gasteiger partial charge on any atom is 0.264 e. The highest BCUT2D eigenvalue weighted by Gasteiger charge is 2.23. The highest BCUT2D eigenvalue weighted by Crippen LogP contribution is 2.27. The highest BCUT2D eigenvalue weighted by atomic mass is 32.2. The number of hydrogen-bond acceptors (Lipinski definition) is 5. The summed E-state index contributed by atoms with van der Waals surface area (Å²) in [6.45, 7) is 2.36. The Morgan fingerprint density at radius 3 is 2.16 bits per heavy atom. The molecular weight excluding hydrogens is 428 g/mol. The van der Waals surface area contributed by atoms with Gasteiger partial charge in [-0.1, -0.05) is 24.3 Å². The number of sulfonamides is 1. The molecule has 3 aromatic carbocycles. The number of carbonyl (C=O) groups excluding carboxylic acids is 1. The first kappa shape index (κ1) is 23.1. The Kier molecular flexibility index (Phi) is 7.37. The fourth-order valence-corrected chi connectivity index (χ4v) is 4.74. The van der Waals surface area contributed by atoms with Crippen LogP contribution in [0.3, 0.4) is 0 Å². The van der Waals surface area contributed by atoms with E-state index in [0.29, 0.717) is 29.3 Å². The van der Waals surface area contributed by atoms with E-state index >= 15 is 0 Å². The minimum absolute atomic E-state index is 0.125. The summed E-state index contributed by atoms with van der Waals surface area (Å²) in [6.07, 6.45) is 0. The Morgan fingerprint density at radius 1 is 0.906 bits per heavy atom. The van der Waals surface area contributed by atoms with E-state index in [0.717, 1.165) is 5.56 Å². The number of amides is 1. The monoisotopic (exact) mass is 454 g/mol. The number of nitrogens with zero attached hydrogens (tertiary/aromatic N) is 1. The number of ether oxygens (including phenoxy) is 2. The molecule has 0 atom stereocenters. The van der Waals surface area contributed by atoms with E-state index in [9.17, 15) is 13.2 Å². The molecule has 168 valence electrons. The van der Waals surface area contributed by atoms with Crippen LogP contribution in [0.1, 0.15) is 22.8 Å². The normalized spacial score (nSPS) is 11.0. The lowest BCUT2D eigenvalue weighted by molar-refractivity contribution is 0.0950. The Bertz CT molecular complexity index is 1160. The minimum Gasteiger partial charge on any atom is -0.493 e. The van der Waals surface area contributed by atoms with Gasteiger partial charge < -0.3 is 14.8 Å². The van der Waals surface area contributed by atoms with E-state index in [1.807, 2.05) is 12.1 Å². The van der Waals surface area contributed by atoms with Gasteiger partial charge >= 0.3 is 0 Å². The summed E-state index contributed by atoms with van der Waals surface area (Å²) in [5.74, 6) is 0.878. The molecule has 3 aromatic rings. The fourth-order valence-electron chi connectivity index (χ4n) is 3.27. The fraction of sp³-hybridized carbons (Fsp3) is 0.208. The highest BCUT2D eigenvalue weighted by molar-refractivity contribution is 7.92. The van der Waals surface area contributed by atoms with Crippen LogP contribution < -0.4 is 19.1 Å². The average molecular weight is 455 g/mol. The summed E-state index contributed by atoms with van der Waals surface area (Å²) in [7, 11) is -0.633. The number of carbonyl (C=O) groups is 1. The molecule has 1 amide bonds. The van der Waals surface area contributed by atoms with Crippen LogP contribution >= 0.6 is 0 Å². The van der Waals surface area contributed by atoms with Gasteiger partial charge in [0.15, 0.2) is 11.5 Å². The molecule has 7 nitrogen and oxygen atoms in total. The van der Waals surface area contributed by atoms with E-state index in [2.05, 4.69) is 5.32 Å². The van der Waals surface area contributed by atoms with Crippen molar-refractivity contribution in [1.82, 2.24) is 5.32 Å². The second-order valence-electron chi connectivity index (χ2n) is 6.90. The lowest BCUT2D eigenvalue weighted by Crippen LogP contribution is -2.30. The quantitative estimate of drug-likeness (QED) is 0.531. The standard InChI is InChI=1S/C24H26N2O5S/c1-4-26(20-8-6-5-7-9-20)32(28,29)21-13-11-19(12-14-21)24(27)25-17-18-10-15-22(30-2)23(16-18)31-3/h5-16H,4,17H2,1-3H3,(H,25,27). The number of benzene rings is 3. The van der Waals surface area contributed by atoms with Crippen LogP contribution in [0.2, 0.25) is 0 Å². The number of nitrogens with one attached hydrogen (secondary N) is 1. The molecule has 0 aliphatic heterocycles. The SMILES string of the molecule is CCN(c1ccccc1)S(=O)(=O)c1ccc(C(=O)NCc2ccc(OC)c(OC)c2)cc1. The van der Waals surface area contributed by atoms with Crippen molar-refractivity contribution in [2.45, 2.75) is 18.4 Å². The van der Waals surface area contributed by atoms with Crippen molar-refractivity contribution in [3.63, 3.8) is 0 Å². The number of rotatable bonds is 9. The van der Waals surface area contributed by atoms with E-state index < -0.39 is 10.0 Å². The van der Waals surface area contributed by atoms with Gasteiger partial charge in [0.25, 0.3) is 15.9 Å². The molecule has 0 saturated carbocycles. The molecule has 0 aliphatic rings. The van der Waals surface area contributed by atoms with Crippen molar-refractivity contribution in [1.29, 1.82) is 0 Å². The smallest absolute Gasteiger partial charge is 0.264 e. The largest absolute Gasteiger partial charge is 0.493 e. The van der Waals surface area contributed by atoms with Gasteiger partial charge in [-0.2, -0.15) is 0 Å². The molecule has 32 heavy (non-hydrogen) atoms. The molecule has 0 fully saturated rings. The maximum atomic E-state index is 13.1. The number of para-hydroxylation sites is 1. The zero-order chi connectivity index (χ0) is 23.1. The van der Waals surface area contributed by atoms with Gasteiger partial charge in [0.05, 0.1) is 24.8 Å². The first-order chi connectivity index (χ1) is 15.4. The molecule has 0 heterocycles. The molecule has 3 rings (SSSR count). The molecule has 0 unspecified atom stereocenters. The molecule has 0 spiro atoms. The number of anilines is 1. The van der Waals surface area contributed by atoms with Gasteiger partial charge in [-0.15, -0.1) is 0 Å². The lowest BCUT2D eigenvalue weighted by Gasteiger charge is -2.23. The van der Waals surface area contributed by atoms with Crippen LogP contribution in [-0.2, 0) is 16.6 Å². The summed E-state index contributed by atoms with van der Waals surface area (Å²) < 4.78 is 38.0.